The van der Waals surface area contributed by atoms with E-state index in [-0.39, 0.29) is 11.7 Å². The first kappa shape index (κ1) is 14.1. The van der Waals surface area contributed by atoms with E-state index in [1.54, 1.807) is 0 Å². The lowest BCUT2D eigenvalue weighted by atomic mass is 9.85. The minimum absolute atomic E-state index is 0.0511. The van der Waals surface area contributed by atoms with Crippen LogP contribution in [0.15, 0.2) is 24.3 Å². The van der Waals surface area contributed by atoms with E-state index < -0.39 is 0 Å². The van der Waals surface area contributed by atoms with E-state index in [0.29, 0.717) is 6.04 Å². The second-order valence-electron chi connectivity index (χ2n) is 6.15. The number of rotatable bonds is 4. The van der Waals surface area contributed by atoms with Gasteiger partial charge in [0, 0.05) is 12.6 Å². The van der Waals surface area contributed by atoms with Crippen LogP contribution in [0.1, 0.15) is 43.4 Å². The van der Waals surface area contributed by atoms with Crippen molar-refractivity contribution < 1.29 is 9.47 Å². The Morgan fingerprint density at radius 3 is 2.95 bits per heavy atom. The van der Waals surface area contributed by atoms with E-state index in [2.05, 4.69) is 36.5 Å². The Morgan fingerprint density at radius 2 is 2.20 bits per heavy atom. The fourth-order valence-electron chi connectivity index (χ4n) is 3.63. The summed E-state index contributed by atoms with van der Waals surface area (Å²) in [4.78, 5) is 0. The molecule has 3 unspecified atom stereocenters. The molecule has 0 saturated carbocycles. The van der Waals surface area contributed by atoms with Crippen LogP contribution in [-0.4, -0.2) is 31.9 Å². The minimum atomic E-state index is -0.0511. The molecule has 2 heterocycles. The van der Waals surface area contributed by atoms with E-state index in [1.807, 2.05) is 7.05 Å². The van der Waals surface area contributed by atoms with Crippen LogP contribution in [-0.2, 0) is 15.9 Å². The molecule has 110 valence electrons. The van der Waals surface area contributed by atoms with Crippen molar-refractivity contribution >= 4 is 0 Å². The van der Waals surface area contributed by atoms with Crippen LogP contribution in [0.25, 0.3) is 0 Å². The van der Waals surface area contributed by atoms with Crippen LogP contribution in [0.4, 0.5) is 0 Å². The molecule has 0 radical (unpaired) electrons. The lowest BCUT2D eigenvalue weighted by Gasteiger charge is -2.37. The van der Waals surface area contributed by atoms with Crippen molar-refractivity contribution in [1.29, 1.82) is 0 Å². The highest BCUT2D eigenvalue weighted by atomic mass is 16.5. The Labute approximate surface area is 121 Å². The van der Waals surface area contributed by atoms with Gasteiger partial charge in [0.05, 0.1) is 18.3 Å². The lowest BCUT2D eigenvalue weighted by molar-refractivity contribution is -0.0388. The Bertz CT molecular complexity index is 454. The van der Waals surface area contributed by atoms with Crippen molar-refractivity contribution in [3.63, 3.8) is 0 Å². The summed E-state index contributed by atoms with van der Waals surface area (Å²) in [5, 5.41) is 3.46. The van der Waals surface area contributed by atoms with E-state index in [9.17, 15) is 0 Å². The molecular weight excluding hydrogens is 250 g/mol. The number of ether oxygens (including phenoxy) is 2. The molecule has 1 saturated heterocycles. The highest BCUT2D eigenvalue weighted by Crippen LogP contribution is 2.36. The number of nitrogens with one attached hydrogen (secondary N) is 1. The van der Waals surface area contributed by atoms with Gasteiger partial charge in [-0.3, -0.25) is 0 Å². The Morgan fingerprint density at radius 1 is 1.35 bits per heavy atom. The van der Waals surface area contributed by atoms with Crippen LogP contribution in [0.3, 0.4) is 0 Å². The first-order valence-corrected chi connectivity index (χ1v) is 7.73. The maximum absolute atomic E-state index is 6.05. The van der Waals surface area contributed by atoms with E-state index in [4.69, 9.17) is 9.47 Å². The zero-order chi connectivity index (χ0) is 14.0. The lowest BCUT2D eigenvalue weighted by Crippen LogP contribution is -2.48. The maximum atomic E-state index is 6.05. The minimum Gasteiger partial charge on any atom is -0.374 e. The SMILES string of the molecule is CNC(CC1OCCc2ccccc21)C1(C)CCCO1. The van der Waals surface area contributed by atoms with Gasteiger partial charge in [0.1, 0.15) is 0 Å². The largest absolute Gasteiger partial charge is 0.374 e. The third-order valence-corrected chi connectivity index (χ3v) is 4.88. The van der Waals surface area contributed by atoms with E-state index in [0.717, 1.165) is 38.9 Å². The summed E-state index contributed by atoms with van der Waals surface area (Å²) in [5.41, 5.74) is 2.75. The average Bonchev–Trinajstić information content (AvgIpc) is 2.92. The fraction of sp³-hybridized carbons (Fsp3) is 0.647. The highest BCUT2D eigenvalue weighted by molar-refractivity contribution is 5.31. The molecule has 0 spiro atoms. The molecule has 20 heavy (non-hydrogen) atoms. The monoisotopic (exact) mass is 275 g/mol. The summed E-state index contributed by atoms with van der Waals surface area (Å²) in [7, 11) is 2.03. The molecule has 0 amide bonds. The zero-order valence-corrected chi connectivity index (χ0v) is 12.5. The fourth-order valence-corrected chi connectivity index (χ4v) is 3.63. The van der Waals surface area contributed by atoms with Gasteiger partial charge >= 0.3 is 0 Å². The van der Waals surface area contributed by atoms with Gasteiger partial charge in [-0.25, -0.2) is 0 Å². The average molecular weight is 275 g/mol. The summed E-state index contributed by atoms with van der Waals surface area (Å²) >= 11 is 0. The van der Waals surface area contributed by atoms with Gasteiger partial charge in [-0.15, -0.1) is 0 Å². The van der Waals surface area contributed by atoms with Crippen LogP contribution in [0.2, 0.25) is 0 Å². The summed E-state index contributed by atoms with van der Waals surface area (Å²) in [5.74, 6) is 0. The van der Waals surface area contributed by atoms with Crippen molar-refractivity contribution in [3.8, 4) is 0 Å². The first-order valence-electron chi connectivity index (χ1n) is 7.73. The van der Waals surface area contributed by atoms with Crippen molar-refractivity contribution in [3.05, 3.63) is 35.4 Å². The Kier molecular flexibility index (Phi) is 4.11. The molecule has 1 fully saturated rings. The molecule has 3 rings (SSSR count). The predicted molar refractivity (Wildman–Crippen MR) is 79.9 cm³/mol. The molecule has 3 nitrogen and oxygen atoms in total. The van der Waals surface area contributed by atoms with Crippen LogP contribution in [0, 0.1) is 0 Å². The number of benzene rings is 1. The molecule has 3 heteroatoms. The number of hydrogen-bond acceptors (Lipinski definition) is 3. The van der Waals surface area contributed by atoms with Crippen molar-refractivity contribution in [1.82, 2.24) is 5.32 Å². The van der Waals surface area contributed by atoms with Gasteiger partial charge in [-0.2, -0.15) is 0 Å². The van der Waals surface area contributed by atoms with Gasteiger partial charge in [0.2, 0.25) is 0 Å². The molecule has 2 aliphatic rings. The van der Waals surface area contributed by atoms with Gasteiger partial charge in [0.15, 0.2) is 0 Å². The maximum Gasteiger partial charge on any atom is 0.0843 e. The van der Waals surface area contributed by atoms with Crippen LogP contribution in [0.5, 0.6) is 0 Å². The number of fused-ring (bicyclic) bond motifs is 1. The molecule has 0 bridgehead atoms. The molecule has 1 N–H and O–H groups in total. The molecule has 3 atom stereocenters. The Balaban J connectivity index is 1.77. The standard InChI is InChI=1S/C17H25NO2/c1-17(9-5-10-20-17)16(18-2)12-15-14-7-4-3-6-13(14)8-11-19-15/h3-4,6-7,15-16,18H,5,8-12H2,1-2H3. The van der Waals surface area contributed by atoms with Gasteiger partial charge in [-0.05, 0) is 50.8 Å². The van der Waals surface area contributed by atoms with Gasteiger partial charge < -0.3 is 14.8 Å². The summed E-state index contributed by atoms with van der Waals surface area (Å²) < 4.78 is 12.1. The van der Waals surface area contributed by atoms with Crippen molar-refractivity contribution in [2.45, 2.75) is 50.4 Å². The second-order valence-corrected chi connectivity index (χ2v) is 6.15. The van der Waals surface area contributed by atoms with E-state index in [1.165, 1.54) is 11.1 Å². The number of hydrogen-bond donors (Lipinski definition) is 1. The second kappa shape index (κ2) is 5.84. The Hall–Kier alpha value is -0.900. The summed E-state index contributed by atoms with van der Waals surface area (Å²) in [6.07, 6.45) is 4.50. The number of likely N-dealkylation sites (N-methyl/N-ethyl adjacent to an activating group) is 1. The molecule has 0 aliphatic carbocycles. The third kappa shape index (κ3) is 2.62. The van der Waals surface area contributed by atoms with Crippen molar-refractivity contribution in [2.75, 3.05) is 20.3 Å². The quantitative estimate of drug-likeness (QED) is 0.916. The molecule has 1 aromatic carbocycles. The summed E-state index contributed by atoms with van der Waals surface area (Å²) in [6.45, 7) is 3.95. The zero-order valence-electron chi connectivity index (χ0n) is 12.5. The summed E-state index contributed by atoms with van der Waals surface area (Å²) in [6, 6.07) is 9.01. The van der Waals surface area contributed by atoms with Crippen LogP contribution < -0.4 is 5.32 Å². The topological polar surface area (TPSA) is 30.5 Å². The normalized spacial score (nSPS) is 31.0. The smallest absolute Gasteiger partial charge is 0.0843 e. The molecular formula is C17H25NO2. The molecule has 1 aromatic rings. The first-order chi connectivity index (χ1) is 9.73. The highest BCUT2D eigenvalue weighted by Gasteiger charge is 2.39. The predicted octanol–water partition coefficient (Wildman–Crippen LogP) is 2.85. The van der Waals surface area contributed by atoms with Crippen LogP contribution >= 0.6 is 0 Å². The van der Waals surface area contributed by atoms with Gasteiger partial charge in [0.25, 0.3) is 0 Å². The van der Waals surface area contributed by atoms with E-state index >= 15 is 0 Å². The molecule has 2 aliphatic heterocycles. The third-order valence-electron chi connectivity index (χ3n) is 4.88. The van der Waals surface area contributed by atoms with Crippen molar-refractivity contribution in [2.24, 2.45) is 0 Å². The van der Waals surface area contributed by atoms with Gasteiger partial charge in [-0.1, -0.05) is 24.3 Å². The molecule has 0 aromatic heterocycles.